The number of nitrogens with zero attached hydrogens (tertiary/aromatic N) is 4. The standard InChI is InChI=1S/C21H20N4O/c1-13-8-9-15-16-6-4-11-23-21(16)26-19(15)18(13)25-12-14(2)24(3)20-17(25)7-5-10-22-20/h4-11,14H,12H2,1-3H3/t14-/m1/s1. The van der Waals surface area contributed by atoms with Crippen molar-refractivity contribution in [1.29, 1.82) is 0 Å². The van der Waals surface area contributed by atoms with Crippen LogP contribution in [0.1, 0.15) is 12.5 Å². The molecule has 26 heavy (non-hydrogen) atoms. The lowest BCUT2D eigenvalue weighted by Crippen LogP contribution is -2.44. The van der Waals surface area contributed by atoms with E-state index in [-0.39, 0.29) is 0 Å². The van der Waals surface area contributed by atoms with Gasteiger partial charge in [-0.25, -0.2) is 9.97 Å². The molecule has 5 rings (SSSR count). The lowest BCUT2D eigenvalue weighted by molar-refractivity contribution is 0.635. The van der Waals surface area contributed by atoms with E-state index in [0.717, 1.165) is 40.1 Å². The summed E-state index contributed by atoms with van der Waals surface area (Å²) in [6.07, 6.45) is 3.62. The third-order valence-corrected chi connectivity index (χ3v) is 5.36. The van der Waals surface area contributed by atoms with Crippen molar-refractivity contribution in [2.45, 2.75) is 19.9 Å². The van der Waals surface area contributed by atoms with E-state index in [1.165, 1.54) is 5.56 Å². The van der Waals surface area contributed by atoms with Crippen LogP contribution in [0.25, 0.3) is 22.1 Å². The molecule has 0 N–H and O–H groups in total. The van der Waals surface area contributed by atoms with Gasteiger partial charge in [0.25, 0.3) is 0 Å². The van der Waals surface area contributed by atoms with Crippen molar-refractivity contribution in [3.63, 3.8) is 0 Å². The molecule has 0 radical (unpaired) electrons. The first-order chi connectivity index (χ1) is 12.6. The molecule has 4 aromatic rings. The van der Waals surface area contributed by atoms with Crippen LogP contribution in [0, 0.1) is 6.92 Å². The van der Waals surface area contributed by atoms with Gasteiger partial charge in [-0.2, -0.15) is 0 Å². The summed E-state index contributed by atoms with van der Waals surface area (Å²) < 4.78 is 6.21. The number of hydrogen-bond acceptors (Lipinski definition) is 5. The van der Waals surface area contributed by atoms with E-state index in [9.17, 15) is 0 Å². The second-order valence-electron chi connectivity index (χ2n) is 6.98. The number of pyridine rings is 2. The summed E-state index contributed by atoms with van der Waals surface area (Å²) in [5, 5.41) is 2.16. The van der Waals surface area contributed by atoms with Crippen LogP contribution >= 0.6 is 0 Å². The zero-order valence-electron chi connectivity index (χ0n) is 15.1. The molecular formula is C21H20N4O. The van der Waals surface area contributed by atoms with Gasteiger partial charge in [-0.3, -0.25) is 0 Å². The summed E-state index contributed by atoms with van der Waals surface area (Å²) in [5.41, 5.74) is 4.98. The van der Waals surface area contributed by atoms with E-state index in [1.807, 2.05) is 18.3 Å². The fourth-order valence-corrected chi connectivity index (χ4v) is 3.87. The minimum Gasteiger partial charge on any atom is -0.435 e. The molecule has 1 aliphatic rings. The molecule has 5 heteroatoms. The van der Waals surface area contributed by atoms with Gasteiger partial charge >= 0.3 is 0 Å². The molecule has 0 amide bonds. The van der Waals surface area contributed by atoms with Crippen LogP contribution in [-0.2, 0) is 0 Å². The van der Waals surface area contributed by atoms with Crippen LogP contribution in [0.15, 0.2) is 53.2 Å². The molecular weight excluding hydrogens is 324 g/mol. The van der Waals surface area contributed by atoms with Crippen molar-refractivity contribution in [2.24, 2.45) is 0 Å². The van der Waals surface area contributed by atoms with E-state index in [2.05, 4.69) is 64.9 Å². The van der Waals surface area contributed by atoms with E-state index >= 15 is 0 Å². The highest BCUT2D eigenvalue weighted by Gasteiger charge is 2.30. The minimum absolute atomic E-state index is 0.342. The maximum atomic E-state index is 6.21. The highest BCUT2D eigenvalue weighted by molar-refractivity contribution is 6.09. The first-order valence-corrected chi connectivity index (χ1v) is 8.87. The average molecular weight is 344 g/mol. The summed E-state index contributed by atoms with van der Waals surface area (Å²) in [6.45, 7) is 5.23. The zero-order chi connectivity index (χ0) is 17.8. The molecule has 0 fully saturated rings. The molecule has 5 nitrogen and oxygen atoms in total. The smallest absolute Gasteiger partial charge is 0.227 e. The molecule has 1 atom stereocenters. The van der Waals surface area contributed by atoms with E-state index in [4.69, 9.17) is 4.42 Å². The quantitative estimate of drug-likeness (QED) is 0.502. The van der Waals surface area contributed by atoms with Gasteiger partial charge in [-0.1, -0.05) is 12.1 Å². The van der Waals surface area contributed by atoms with E-state index in [1.54, 1.807) is 6.20 Å². The zero-order valence-corrected chi connectivity index (χ0v) is 15.1. The van der Waals surface area contributed by atoms with Crippen molar-refractivity contribution < 1.29 is 4.42 Å². The van der Waals surface area contributed by atoms with Crippen molar-refractivity contribution in [3.05, 3.63) is 54.4 Å². The molecule has 0 saturated carbocycles. The summed E-state index contributed by atoms with van der Waals surface area (Å²) >= 11 is 0. The third kappa shape index (κ3) is 2.03. The lowest BCUT2D eigenvalue weighted by atomic mass is 10.0. The monoisotopic (exact) mass is 344 g/mol. The number of aromatic nitrogens is 2. The number of aryl methyl sites for hydroxylation is 1. The van der Waals surface area contributed by atoms with Crippen molar-refractivity contribution >= 4 is 39.3 Å². The summed E-state index contributed by atoms with van der Waals surface area (Å²) in [6, 6.07) is 12.8. The number of rotatable bonds is 1. The number of anilines is 3. The highest BCUT2D eigenvalue weighted by atomic mass is 16.3. The van der Waals surface area contributed by atoms with Gasteiger partial charge in [0.15, 0.2) is 11.4 Å². The van der Waals surface area contributed by atoms with Gasteiger partial charge in [0.2, 0.25) is 5.71 Å². The molecule has 3 aromatic heterocycles. The molecule has 0 unspecified atom stereocenters. The Morgan fingerprint density at radius 3 is 2.73 bits per heavy atom. The Labute approximate surface area is 151 Å². The molecule has 130 valence electrons. The van der Waals surface area contributed by atoms with Gasteiger partial charge in [-0.05, 0) is 43.7 Å². The van der Waals surface area contributed by atoms with Gasteiger partial charge in [0.1, 0.15) is 0 Å². The average Bonchev–Trinajstić information content (AvgIpc) is 3.03. The van der Waals surface area contributed by atoms with E-state index in [0.29, 0.717) is 11.8 Å². The van der Waals surface area contributed by atoms with Crippen LogP contribution in [0.3, 0.4) is 0 Å². The van der Waals surface area contributed by atoms with Crippen LogP contribution in [0.4, 0.5) is 17.2 Å². The maximum Gasteiger partial charge on any atom is 0.227 e. The SMILES string of the molecule is Cc1ccc2c(oc3ncccc32)c1N1C[C@@H](C)N(C)c2ncccc21. The topological polar surface area (TPSA) is 45.4 Å². The fourth-order valence-electron chi connectivity index (χ4n) is 3.87. The second-order valence-corrected chi connectivity index (χ2v) is 6.98. The molecule has 0 aliphatic carbocycles. The first-order valence-electron chi connectivity index (χ1n) is 8.87. The first kappa shape index (κ1) is 15.2. The van der Waals surface area contributed by atoms with Crippen LogP contribution in [-0.4, -0.2) is 29.6 Å². The number of hydrogen-bond donors (Lipinski definition) is 0. The Hall–Kier alpha value is -3.08. The van der Waals surface area contributed by atoms with Crippen molar-refractivity contribution in [3.8, 4) is 0 Å². The van der Waals surface area contributed by atoms with Crippen molar-refractivity contribution in [1.82, 2.24) is 9.97 Å². The van der Waals surface area contributed by atoms with Crippen LogP contribution in [0.2, 0.25) is 0 Å². The third-order valence-electron chi connectivity index (χ3n) is 5.36. The van der Waals surface area contributed by atoms with Gasteiger partial charge in [-0.15, -0.1) is 0 Å². The lowest BCUT2D eigenvalue weighted by Gasteiger charge is -2.40. The summed E-state index contributed by atoms with van der Waals surface area (Å²) in [5.74, 6) is 0.997. The predicted molar refractivity (Wildman–Crippen MR) is 105 cm³/mol. The molecule has 4 heterocycles. The molecule has 1 aliphatic heterocycles. The van der Waals surface area contributed by atoms with Gasteiger partial charge < -0.3 is 14.2 Å². The molecule has 0 bridgehead atoms. The molecule has 0 spiro atoms. The van der Waals surface area contributed by atoms with Gasteiger partial charge in [0, 0.05) is 42.8 Å². The Kier molecular flexibility index (Phi) is 3.19. The Morgan fingerprint density at radius 2 is 1.85 bits per heavy atom. The van der Waals surface area contributed by atoms with Crippen molar-refractivity contribution in [2.75, 3.05) is 23.4 Å². The summed E-state index contributed by atoms with van der Waals surface area (Å²) in [4.78, 5) is 13.6. The molecule has 1 aromatic carbocycles. The summed E-state index contributed by atoms with van der Waals surface area (Å²) in [7, 11) is 2.10. The second kappa shape index (κ2) is 5.46. The normalized spacial score (nSPS) is 17.1. The number of benzene rings is 1. The fraction of sp³-hybridized carbons (Fsp3) is 0.238. The number of likely N-dealkylation sites (N-methyl/N-ethyl adjacent to an activating group) is 1. The van der Waals surface area contributed by atoms with Crippen LogP contribution in [0.5, 0.6) is 0 Å². The van der Waals surface area contributed by atoms with Gasteiger partial charge in [0.05, 0.1) is 11.4 Å². The molecule has 0 saturated heterocycles. The Balaban J connectivity index is 1.82. The Morgan fingerprint density at radius 1 is 1.04 bits per heavy atom. The highest BCUT2D eigenvalue weighted by Crippen LogP contribution is 2.43. The van der Waals surface area contributed by atoms with Crippen LogP contribution < -0.4 is 9.80 Å². The minimum atomic E-state index is 0.342. The number of furan rings is 1. The van der Waals surface area contributed by atoms with E-state index < -0.39 is 0 Å². The maximum absolute atomic E-state index is 6.21. The number of fused-ring (bicyclic) bond motifs is 4. The largest absolute Gasteiger partial charge is 0.435 e. The predicted octanol–water partition coefficient (Wildman–Crippen LogP) is 4.66. The Bertz CT molecular complexity index is 1130.